The molecule has 2 heterocycles. The first-order valence-corrected chi connectivity index (χ1v) is 11.5. The van der Waals surface area contributed by atoms with Gasteiger partial charge in [0.05, 0.1) is 17.7 Å². The van der Waals surface area contributed by atoms with Crippen LogP contribution in [0, 0.1) is 0 Å². The zero-order valence-electron chi connectivity index (χ0n) is 17.4. The van der Waals surface area contributed by atoms with Crippen molar-refractivity contribution in [1.29, 1.82) is 0 Å². The summed E-state index contributed by atoms with van der Waals surface area (Å²) in [7, 11) is 3.38. The second-order valence-electron chi connectivity index (χ2n) is 7.78. The maximum atomic E-state index is 12.9. The van der Waals surface area contributed by atoms with Gasteiger partial charge in [-0.25, -0.2) is 4.98 Å². The lowest BCUT2D eigenvalue weighted by Crippen LogP contribution is -2.44. The highest BCUT2D eigenvalue weighted by Gasteiger charge is 2.28. The van der Waals surface area contributed by atoms with Gasteiger partial charge in [0.25, 0.3) is 11.8 Å². The predicted octanol–water partition coefficient (Wildman–Crippen LogP) is 4.77. The van der Waals surface area contributed by atoms with Crippen LogP contribution in [0.4, 0.5) is 0 Å². The van der Waals surface area contributed by atoms with E-state index in [-0.39, 0.29) is 23.9 Å². The van der Waals surface area contributed by atoms with Crippen LogP contribution in [-0.4, -0.2) is 47.9 Å². The average molecular weight is 458 g/mol. The molecule has 2 amide bonds. The maximum Gasteiger partial charge on any atom is 0.255 e. The van der Waals surface area contributed by atoms with Crippen molar-refractivity contribution in [2.45, 2.75) is 37.8 Å². The number of benzene rings is 1. The Bertz CT molecular complexity index is 1110. The van der Waals surface area contributed by atoms with Crippen LogP contribution in [0.25, 0.3) is 10.2 Å². The normalized spacial score (nSPS) is 18.5. The van der Waals surface area contributed by atoms with Crippen molar-refractivity contribution in [3.05, 3.63) is 58.1 Å². The monoisotopic (exact) mass is 457 g/mol. The molecule has 1 saturated carbocycles. The Morgan fingerprint density at radius 2 is 1.94 bits per heavy atom. The molecule has 4 rings (SSSR count). The number of fused-ring (bicyclic) bond motifs is 1. The molecule has 0 atom stereocenters. The maximum absolute atomic E-state index is 12.9. The number of amides is 2. The van der Waals surface area contributed by atoms with E-state index in [1.54, 1.807) is 35.7 Å². The van der Waals surface area contributed by atoms with Crippen molar-refractivity contribution in [3.8, 4) is 5.75 Å². The molecule has 1 fully saturated rings. The van der Waals surface area contributed by atoms with Crippen LogP contribution in [0.15, 0.2) is 41.9 Å². The van der Waals surface area contributed by atoms with Crippen LogP contribution in [0.3, 0.4) is 0 Å². The minimum atomic E-state index is -0.141. The molecular formula is C23H24ClN3O3S. The lowest BCUT2D eigenvalue weighted by Gasteiger charge is -2.35. The zero-order valence-corrected chi connectivity index (χ0v) is 19.0. The van der Waals surface area contributed by atoms with Crippen molar-refractivity contribution in [3.63, 3.8) is 0 Å². The topological polar surface area (TPSA) is 71.5 Å². The molecule has 162 valence electrons. The average Bonchev–Trinajstić information content (AvgIpc) is 3.27. The van der Waals surface area contributed by atoms with Crippen LogP contribution < -0.4 is 10.1 Å². The number of halogens is 1. The van der Waals surface area contributed by atoms with Gasteiger partial charge in [-0.05, 0) is 61.4 Å². The number of rotatable bonds is 5. The van der Waals surface area contributed by atoms with Crippen LogP contribution in [0.2, 0.25) is 5.02 Å². The molecule has 0 radical (unpaired) electrons. The Morgan fingerprint density at radius 1 is 1.16 bits per heavy atom. The number of nitrogens with one attached hydrogen (secondary N) is 1. The van der Waals surface area contributed by atoms with Gasteiger partial charge in [-0.3, -0.25) is 9.59 Å². The summed E-state index contributed by atoms with van der Waals surface area (Å²) in [6.45, 7) is 0. The molecule has 1 aromatic carbocycles. The lowest BCUT2D eigenvalue weighted by molar-refractivity contribution is 0.0675. The van der Waals surface area contributed by atoms with Gasteiger partial charge in [-0.15, -0.1) is 11.3 Å². The number of methoxy groups -OCH3 is 1. The number of pyridine rings is 1. The van der Waals surface area contributed by atoms with E-state index in [4.69, 9.17) is 16.3 Å². The van der Waals surface area contributed by atoms with Crippen molar-refractivity contribution in [1.82, 2.24) is 15.2 Å². The highest BCUT2D eigenvalue weighted by Crippen LogP contribution is 2.27. The molecule has 0 spiro atoms. The number of thiophene rings is 1. The lowest BCUT2D eigenvalue weighted by atomic mass is 9.90. The fraction of sp³-hybridized carbons (Fsp3) is 0.348. The second-order valence-corrected chi connectivity index (χ2v) is 9.09. The van der Waals surface area contributed by atoms with Gasteiger partial charge in [-0.1, -0.05) is 11.6 Å². The van der Waals surface area contributed by atoms with E-state index in [0.717, 1.165) is 35.9 Å². The van der Waals surface area contributed by atoms with E-state index in [9.17, 15) is 9.59 Å². The molecule has 0 bridgehead atoms. The van der Waals surface area contributed by atoms with E-state index in [0.29, 0.717) is 21.9 Å². The molecule has 6 nitrogen and oxygen atoms in total. The number of carbonyl (C=O) groups is 2. The molecule has 3 aromatic rings. The molecule has 1 N–H and O–H groups in total. The van der Waals surface area contributed by atoms with Crippen molar-refractivity contribution < 1.29 is 14.3 Å². The fourth-order valence-electron chi connectivity index (χ4n) is 4.02. The van der Waals surface area contributed by atoms with Gasteiger partial charge >= 0.3 is 0 Å². The zero-order chi connectivity index (χ0) is 22.0. The highest BCUT2D eigenvalue weighted by molar-refractivity contribution is 7.16. The standard InChI is InChI=1S/C23H24ClN3O3S/c1-27(23(29)16-11-15-9-10-31-22(15)25-13-16)18-6-4-17(5-7-18)26-21(28)14-3-8-19(24)20(12-14)30-2/h3,8-13,17-18H,4-7H2,1-2H3,(H,26,28). The second kappa shape index (κ2) is 9.24. The quantitative estimate of drug-likeness (QED) is 0.599. The predicted molar refractivity (Wildman–Crippen MR) is 123 cm³/mol. The summed E-state index contributed by atoms with van der Waals surface area (Å²) >= 11 is 7.61. The van der Waals surface area contributed by atoms with Crippen molar-refractivity contribution >= 4 is 45.0 Å². The van der Waals surface area contributed by atoms with E-state index >= 15 is 0 Å². The van der Waals surface area contributed by atoms with E-state index in [1.165, 1.54) is 7.11 Å². The largest absolute Gasteiger partial charge is 0.495 e. The Labute approximate surface area is 190 Å². The van der Waals surface area contributed by atoms with Crippen LogP contribution >= 0.6 is 22.9 Å². The summed E-state index contributed by atoms with van der Waals surface area (Å²) in [4.78, 5) is 32.7. The minimum absolute atomic E-state index is 0.0126. The number of carbonyl (C=O) groups excluding carboxylic acids is 2. The summed E-state index contributed by atoms with van der Waals surface area (Å²) in [6, 6.07) is 9.12. The number of hydrogen-bond donors (Lipinski definition) is 1. The summed E-state index contributed by atoms with van der Waals surface area (Å²) in [5, 5.41) is 6.54. The Balaban J connectivity index is 1.33. The molecule has 0 saturated heterocycles. The molecule has 8 heteroatoms. The number of hydrogen-bond acceptors (Lipinski definition) is 5. The Kier molecular flexibility index (Phi) is 6.43. The van der Waals surface area contributed by atoms with Crippen molar-refractivity contribution in [2.24, 2.45) is 0 Å². The third kappa shape index (κ3) is 4.67. The summed E-state index contributed by atoms with van der Waals surface area (Å²) in [5.74, 6) is 0.327. The first-order chi connectivity index (χ1) is 15.0. The minimum Gasteiger partial charge on any atom is -0.495 e. The van der Waals surface area contributed by atoms with E-state index < -0.39 is 0 Å². The van der Waals surface area contributed by atoms with Gasteiger partial charge in [0.2, 0.25) is 0 Å². The van der Waals surface area contributed by atoms with Crippen LogP contribution in [0.5, 0.6) is 5.75 Å². The molecular weight excluding hydrogens is 434 g/mol. The fourth-order valence-corrected chi connectivity index (χ4v) is 4.94. The SMILES string of the molecule is COc1cc(C(=O)NC2CCC(N(C)C(=O)c3cnc4sccc4c3)CC2)ccc1Cl. The molecule has 1 aliphatic carbocycles. The smallest absolute Gasteiger partial charge is 0.255 e. The van der Waals surface area contributed by atoms with Gasteiger partial charge in [-0.2, -0.15) is 0 Å². The Morgan fingerprint density at radius 3 is 2.68 bits per heavy atom. The van der Waals surface area contributed by atoms with Gasteiger partial charge in [0.15, 0.2) is 0 Å². The first-order valence-electron chi connectivity index (χ1n) is 10.2. The molecule has 1 aliphatic rings. The third-order valence-electron chi connectivity index (χ3n) is 5.87. The number of aromatic nitrogens is 1. The molecule has 0 unspecified atom stereocenters. The van der Waals surface area contributed by atoms with Gasteiger partial charge in [0, 0.05) is 36.3 Å². The first kappa shape index (κ1) is 21.6. The number of ether oxygens (including phenoxy) is 1. The van der Waals surface area contributed by atoms with Gasteiger partial charge in [0.1, 0.15) is 10.6 Å². The Hall–Kier alpha value is -2.64. The third-order valence-corrected chi connectivity index (χ3v) is 7.02. The van der Waals surface area contributed by atoms with Gasteiger partial charge < -0.3 is 15.0 Å². The number of nitrogens with zero attached hydrogens (tertiary/aromatic N) is 2. The van der Waals surface area contributed by atoms with Crippen LogP contribution in [0.1, 0.15) is 46.4 Å². The van der Waals surface area contributed by atoms with Crippen LogP contribution in [-0.2, 0) is 0 Å². The molecule has 2 aromatic heterocycles. The van der Waals surface area contributed by atoms with Crippen molar-refractivity contribution in [2.75, 3.05) is 14.2 Å². The summed E-state index contributed by atoms with van der Waals surface area (Å²) in [6.07, 6.45) is 4.97. The van der Waals surface area contributed by atoms with E-state index in [1.807, 2.05) is 29.5 Å². The molecule has 0 aliphatic heterocycles. The van der Waals surface area contributed by atoms with E-state index in [2.05, 4.69) is 10.3 Å². The summed E-state index contributed by atoms with van der Waals surface area (Å²) in [5.41, 5.74) is 1.13. The highest BCUT2D eigenvalue weighted by atomic mass is 35.5. The summed E-state index contributed by atoms with van der Waals surface area (Å²) < 4.78 is 5.19. The molecule has 31 heavy (non-hydrogen) atoms.